The molecule has 0 unspecified atom stereocenters. The number of nitrogens with zero attached hydrogens (tertiary/aromatic N) is 2. The van der Waals surface area contributed by atoms with Crippen LogP contribution in [0.5, 0.6) is 0 Å². The molecule has 31 heavy (non-hydrogen) atoms. The van der Waals surface area contributed by atoms with E-state index < -0.39 is 10.0 Å². The minimum absolute atomic E-state index is 0.144. The van der Waals surface area contributed by atoms with Gasteiger partial charge in [-0.15, -0.1) is 11.3 Å². The number of amides is 1. The van der Waals surface area contributed by atoms with E-state index in [2.05, 4.69) is 6.07 Å². The fraction of sp³-hybridized carbons (Fsp3) is 0.348. The van der Waals surface area contributed by atoms with E-state index in [0.717, 1.165) is 25.7 Å². The van der Waals surface area contributed by atoms with Crippen LogP contribution in [-0.4, -0.2) is 43.2 Å². The fourth-order valence-corrected chi connectivity index (χ4v) is 5.96. The SMILES string of the molecule is O=C(c1ccc(S(=O)(=O)N2CCCCC2)cc1)N(CCc1cccs1)Cc1ccco1. The zero-order chi connectivity index (χ0) is 21.7. The van der Waals surface area contributed by atoms with Crippen molar-refractivity contribution in [1.29, 1.82) is 0 Å². The average Bonchev–Trinajstić information content (AvgIpc) is 3.51. The number of rotatable bonds is 8. The first-order valence-corrected chi connectivity index (χ1v) is 12.8. The van der Waals surface area contributed by atoms with Gasteiger partial charge in [0.1, 0.15) is 5.76 Å². The molecule has 1 fully saturated rings. The number of thiophene rings is 1. The van der Waals surface area contributed by atoms with Gasteiger partial charge in [0.05, 0.1) is 17.7 Å². The van der Waals surface area contributed by atoms with Crippen LogP contribution in [0, 0.1) is 0 Å². The van der Waals surface area contributed by atoms with Crippen LogP contribution in [0.3, 0.4) is 0 Å². The van der Waals surface area contributed by atoms with Gasteiger partial charge in [0.2, 0.25) is 10.0 Å². The van der Waals surface area contributed by atoms with Crippen LogP contribution >= 0.6 is 11.3 Å². The van der Waals surface area contributed by atoms with Crippen molar-refractivity contribution in [2.75, 3.05) is 19.6 Å². The fourth-order valence-electron chi connectivity index (χ4n) is 3.75. The quantitative estimate of drug-likeness (QED) is 0.502. The third kappa shape index (κ3) is 5.26. The molecule has 0 bridgehead atoms. The van der Waals surface area contributed by atoms with Crippen molar-refractivity contribution in [3.63, 3.8) is 0 Å². The summed E-state index contributed by atoms with van der Waals surface area (Å²) in [7, 11) is -3.51. The van der Waals surface area contributed by atoms with Gasteiger partial charge >= 0.3 is 0 Å². The van der Waals surface area contributed by atoms with Crippen molar-refractivity contribution in [2.45, 2.75) is 37.1 Å². The summed E-state index contributed by atoms with van der Waals surface area (Å²) in [5.74, 6) is 0.568. The number of benzene rings is 1. The van der Waals surface area contributed by atoms with Crippen LogP contribution in [0.4, 0.5) is 0 Å². The monoisotopic (exact) mass is 458 g/mol. The van der Waals surface area contributed by atoms with Crippen molar-refractivity contribution in [3.05, 3.63) is 76.4 Å². The maximum Gasteiger partial charge on any atom is 0.254 e. The number of carbonyl (C=O) groups is 1. The smallest absolute Gasteiger partial charge is 0.254 e. The first kappa shape index (κ1) is 21.8. The van der Waals surface area contributed by atoms with E-state index in [1.807, 2.05) is 17.5 Å². The Balaban J connectivity index is 1.50. The lowest BCUT2D eigenvalue weighted by atomic mass is 10.2. The summed E-state index contributed by atoms with van der Waals surface area (Å²) in [6, 6.07) is 14.0. The van der Waals surface area contributed by atoms with Crippen molar-refractivity contribution in [1.82, 2.24) is 9.21 Å². The normalized spacial score (nSPS) is 15.1. The molecule has 1 aliphatic heterocycles. The molecule has 6 nitrogen and oxygen atoms in total. The highest BCUT2D eigenvalue weighted by Gasteiger charge is 2.26. The van der Waals surface area contributed by atoms with Gasteiger partial charge < -0.3 is 9.32 Å². The van der Waals surface area contributed by atoms with Gasteiger partial charge in [-0.25, -0.2) is 8.42 Å². The van der Waals surface area contributed by atoms with E-state index >= 15 is 0 Å². The number of hydrogen-bond donors (Lipinski definition) is 0. The zero-order valence-corrected chi connectivity index (χ0v) is 18.9. The molecule has 3 heterocycles. The largest absolute Gasteiger partial charge is 0.467 e. The Morgan fingerprint density at radius 1 is 1.03 bits per heavy atom. The van der Waals surface area contributed by atoms with Crippen LogP contribution < -0.4 is 0 Å². The van der Waals surface area contributed by atoms with Gasteiger partial charge in [-0.2, -0.15) is 4.31 Å². The molecule has 1 aliphatic rings. The summed E-state index contributed by atoms with van der Waals surface area (Å²) in [6.07, 6.45) is 5.20. The maximum atomic E-state index is 13.2. The number of sulfonamides is 1. The van der Waals surface area contributed by atoms with Crippen molar-refractivity contribution >= 4 is 27.3 Å². The highest BCUT2D eigenvalue weighted by Crippen LogP contribution is 2.22. The van der Waals surface area contributed by atoms with Gasteiger partial charge in [-0.3, -0.25) is 4.79 Å². The number of furan rings is 1. The van der Waals surface area contributed by atoms with Crippen LogP contribution in [0.25, 0.3) is 0 Å². The van der Waals surface area contributed by atoms with Gasteiger partial charge in [-0.05, 0) is 67.1 Å². The zero-order valence-electron chi connectivity index (χ0n) is 17.3. The third-order valence-corrected chi connectivity index (χ3v) is 8.33. The maximum absolute atomic E-state index is 13.2. The van der Waals surface area contributed by atoms with Crippen LogP contribution in [0.1, 0.15) is 40.3 Å². The molecule has 0 radical (unpaired) electrons. The molecule has 4 rings (SSSR count). The Kier molecular flexibility index (Phi) is 6.89. The molecule has 0 atom stereocenters. The van der Waals surface area contributed by atoms with Crippen LogP contribution in [0.15, 0.2) is 69.5 Å². The molecule has 0 aliphatic carbocycles. The van der Waals surface area contributed by atoms with E-state index in [1.54, 1.807) is 52.8 Å². The van der Waals surface area contributed by atoms with E-state index in [9.17, 15) is 13.2 Å². The Labute approximate surface area is 187 Å². The molecule has 0 spiro atoms. The standard InChI is InChI=1S/C23H26N2O4S2/c26-23(24(18-20-6-4-16-29-20)15-12-21-7-5-17-30-21)19-8-10-22(11-9-19)31(27,28)25-13-2-1-3-14-25/h4-11,16-17H,1-3,12-15,18H2. The lowest BCUT2D eigenvalue weighted by Gasteiger charge is -2.26. The van der Waals surface area contributed by atoms with Gasteiger partial charge in [0, 0.05) is 30.1 Å². The van der Waals surface area contributed by atoms with E-state index in [1.165, 1.54) is 9.18 Å². The summed E-state index contributed by atoms with van der Waals surface area (Å²) < 4.78 is 32.7. The molecule has 1 aromatic carbocycles. The van der Waals surface area contributed by atoms with Gasteiger partial charge in [0.15, 0.2) is 0 Å². The topological polar surface area (TPSA) is 70.8 Å². The van der Waals surface area contributed by atoms with Crippen molar-refractivity contribution < 1.29 is 17.6 Å². The number of piperidine rings is 1. The molecule has 0 saturated carbocycles. The second-order valence-corrected chi connectivity index (χ2v) is 10.6. The minimum atomic E-state index is -3.51. The molecule has 0 N–H and O–H groups in total. The highest BCUT2D eigenvalue weighted by molar-refractivity contribution is 7.89. The molecular formula is C23H26N2O4S2. The van der Waals surface area contributed by atoms with Gasteiger partial charge in [0.25, 0.3) is 5.91 Å². The molecular weight excluding hydrogens is 432 g/mol. The molecule has 3 aromatic rings. The van der Waals surface area contributed by atoms with E-state index in [4.69, 9.17) is 4.42 Å². The molecule has 8 heteroatoms. The second kappa shape index (κ2) is 9.80. The summed E-state index contributed by atoms with van der Waals surface area (Å²) in [5, 5.41) is 2.02. The van der Waals surface area contributed by atoms with Crippen LogP contribution in [-0.2, 0) is 23.0 Å². The Hall–Kier alpha value is -2.42. The van der Waals surface area contributed by atoms with Crippen molar-refractivity contribution in [2.24, 2.45) is 0 Å². The number of carbonyl (C=O) groups excluding carboxylic acids is 1. The summed E-state index contributed by atoms with van der Waals surface area (Å²) >= 11 is 1.67. The summed E-state index contributed by atoms with van der Waals surface area (Å²) in [5.41, 5.74) is 0.468. The second-order valence-electron chi connectivity index (χ2n) is 7.62. The Morgan fingerprint density at radius 3 is 2.45 bits per heavy atom. The Bertz CT molecular complexity index is 1070. The average molecular weight is 459 g/mol. The molecule has 1 amide bonds. The lowest BCUT2D eigenvalue weighted by Crippen LogP contribution is -2.35. The van der Waals surface area contributed by atoms with E-state index in [0.29, 0.717) is 37.5 Å². The Morgan fingerprint density at radius 2 is 1.81 bits per heavy atom. The molecule has 2 aromatic heterocycles. The van der Waals surface area contributed by atoms with Crippen molar-refractivity contribution in [3.8, 4) is 0 Å². The summed E-state index contributed by atoms with van der Waals surface area (Å²) in [6.45, 7) is 2.03. The van der Waals surface area contributed by atoms with E-state index in [-0.39, 0.29) is 10.8 Å². The molecule has 164 valence electrons. The minimum Gasteiger partial charge on any atom is -0.467 e. The first-order valence-electron chi connectivity index (χ1n) is 10.5. The number of hydrogen-bond acceptors (Lipinski definition) is 5. The lowest BCUT2D eigenvalue weighted by molar-refractivity contribution is 0.0733. The predicted octanol–water partition coefficient (Wildman–Crippen LogP) is 4.40. The van der Waals surface area contributed by atoms with Gasteiger partial charge in [-0.1, -0.05) is 12.5 Å². The summed E-state index contributed by atoms with van der Waals surface area (Å²) in [4.78, 5) is 16.4. The van der Waals surface area contributed by atoms with Crippen LogP contribution in [0.2, 0.25) is 0 Å². The first-order chi connectivity index (χ1) is 15.0. The predicted molar refractivity (Wildman–Crippen MR) is 121 cm³/mol. The molecule has 1 saturated heterocycles. The highest BCUT2D eigenvalue weighted by atomic mass is 32.2. The third-order valence-electron chi connectivity index (χ3n) is 5.48.